The predicted molar refractivity (Wildman–Crippen MR) is 164 cm³/mol. The van der Waals surface area contributed by atoms with E-state index in [2.05, 4.69) is 66.1 Å². The van der Waals surface area contributed by atoms with Gasteiger partial charge in [-0.2, -0.15) is 10.2 Å². The number of nitrogens with two attached hydrogens (primary N) is 1. The number of likely N-dealkylation sites (N-methyl/N-ethyl adjacent to an activating group) is 1. The first-order valence-corrected chi connectivity index (χ1v) is 13.4. The fourth-order valence-corrected chi connectivity index (χ4v) is 4.90. The third-order valence-corrected chi connectivity index (χ3v) is 6.81. The van der Waals surface area contributed by atoms with Crippen molar-refractivity contribution in [3.63, 3.8) is 0 Å². The molecule has 202 valence electrons. The third-order valence-electron chi connectivity index (χ3n) is 6.81. The average Bonchev–Trinajstić information content (AvgIpc) is 3.55. The Morgan fingerprint density at radius 1 is 1.18 bits per heavy atom. The van der Waals surface area contributed by atoms with Crippen molar-refractivity contribution in [2.45, 2.75) is 39.0 Å². The van der Waals surface area contributed by atoms with Crippen molar-refractivity contribution in [3.8, 4) is 0 Å². The first kappa shape index (κ1) is 28.9. The molecule has 2 aliphatic rings. The lowest BCUT2D eigenvalue weighted by Crippen LogP contribution is -2.20. The molecule has 7 nitrogen and oxygen atoms in total. The lowest BCUT2D eigenvalue weighted by Gasteiger charge is -2.17. The second-order valence-electron chi connectivity index (χ2n) is 9.86. The van der Waals surface area contributed by atoms with Gasteiger partial charge in [-0.25, -0.2) is 4.68 Å². The summed E-state index contributed by atoms with van der Waals surface area (Å²) in [5.41, 5.74) is 13.1. The zero-order valence-electron chi connectivity index (χ0n) is 23.4. The second kappa shape index (κ2) is 14.3. The van der Waals surface area contributed by atoms with Crippen molar-refractivity contribution in [2.24, 2.45) is 20.9 Å². The van der Waals surface area contributed by atoms with Gasteiger partial charge >= 0.3 is 0 Å². The van der Waals surface area contributed by atoms with Gasteiger partial charge < -0.3 is 10.6 Å². The summed E-state index contributed by atoms with van der Waals surface area (Å²) in [6.45, 7) is 18.2. The van der Waals surface area contributed by atoms with Crippen LogP contribution in [0.2, 0.25) is 0 Å². The van der Waals surface area contributed by atoms with E-state index in [1.54, 1.807) is 13.1 Å². The summed E-state index contributed by atoms with van der Waals surface area (Å²) in [7, 11) is 3.66. The van der Waals surface area contributed by atoms with Crippen molar-refractivity contribution in [2.75, 3.05) is 40.3 Å². The van der Waals surface area contributed by atoms with E-state index < -0.39 is 0 Å². The van der Waals surface area contributed by atoms with Crippen LogP contribution in [-0.4, -0.2) is 73.1 Å². The molecule has 0 amide bonds. The molecule has 1 aliphatic carbocycles. The summed E-state index contributed by atoms with van der Waals surface area (Å²) in [5.74, 6) is 0.433. The molecule has 1 fully saturated rings. The SMILES string of the molecule is C=C/C=C\C=C(/C)CN(C)/N=C1/C=CC(c2cc(CCCCN3CCCC3)n(N=C)c2C(N)=NC)=CC1=C. The van der Waals surface area contributed by atoms with Crippen LogP contribution >= 0.6 is 0 Å². The van der Waals surface area contributed by atoms with Crippen molar-refractivity contribution in [3.05, 3.63) is 89.9 Å². The van der Waals surface area contributed by atoms with Crippen molar-refractivity contribution in [1.29, 1.82) is 0 Å². The normalized spacial score (nSPS) is 18.0. The highest BCUT2D eigenvalue weighted by atomic mass is 15.4. The number of allylic oxidation sites excluding steroid dienone is 9. The number of aromatic nitrogens is 1. The molecular weight excluding hydrogens is 470 g/mol. The molecule has 0 unspecified atom stereocenters. The Kier molecular flexibility index (Phi) is 10.8. The van der Waals surface area contributed by atoms with Gasteiger partial charge in [0, 0.05) is 32.1 Å². The van der Waals surface area contributed by atoms with Crippen LogP contribution in [0.15, 0.2) is 88.1 Å². The number of rotatable bonds is 13. The summed E-state index contributed by atoms with van der Waals surface area (Å²) < 4.78 is 1.85. The molecule has 0 bridgehead atoms. The Labute approximate surface area is 228 Å². The summed E-state index contributed by atoms with van der Waals surface area (Å²) in [5, 5.41) is 11.0. The number of hydrogen-bond acceptors (Lipinski definition) is 5. The number of aliphatic imine (C=N–C) groups is 1. The molecule has 1 aliphatic heterocycles. The smallest absolute Gasteiger partial charge is 0.145 e. The van der Waals surface area contributed by atoms with Crippen LogP contribution in [0.1, 0.15) is 49.6 Å². The van der Waals surface area contributed by atoms with Crippen molar-refractivity contribution < 1.29 is 0 Å². The quantitative estimate of drug-likeness (QED) is 0.130. The molecule has 1 saturated heterocycles. The maximum absolute atomic E-state index is 6.36. The van der Waals surface area contributed by atoms with Crippen LogP contribution in [0.3, 0.4) is 0 Å². The molecular formula is C31H43N7. The van der Waals surface area contributed by atoms with Gasteiger partial charge in [-0.05, 0) is 88.0 Å². The first-order chi connectivity index (χ1) is 18.4. The highest BCUT2D eigenvalue weighted by molar-refractivity contribution is 6.15. The number of unbranched alkanes of at least 4 members (excludes halogenated alkanes) is 1. The maximum atomic E-state index is 6.36. The molecule has 3 rings (SSSR count). The summed E-state index contributed by atoms with van der Waals surface area (Å²) >= 11 is 0. The molecule has 0 atom stereocenters. The van der Waals surface area contributed by atoms with E-state index in [4.69, 9.17) is 10.8 Å². The first-order valence-electron chi connectivity index (χ1n) is 13.4. The van der Waals surface area contributed by atoms with Crippen LogP contribution in [-0.2, 0) is 6.42 Å². The Balaban J connectivity index is 1.78. The molecule has 0 spiro atoms. The van der Waals surface area contributed by atoms with Gasteiger partial charge in [0.2, 0.25) is 0 Å². The van der Waals surface area contributed by atoms with E-state index in [0.29, 0.717) is 12.4 Å². The van der Waals surface area contributed by atoms with Gasteiger partial charge in [0.1, 0.15) is 11.5 Å². The number of amidine groups is 1. The molecule has 2 N–H and O–H groups in total. The zero-order valence-corrected chi connectivity index (χ0v) is 23.4. The van der Waals surface area contributed by atoms with Crippen molar-refractivity contribution in [1.82, 2.24) is 14.6 Å². The van der Waals surface area contributed by atoms with Gasteiger partial charge in [0.05, 0.1) is 12.3 Å². The second-order valence-corrected chi connectivity index (χ2v) is 9.86. The van der Waals surface area contributed by atoms with Crippen LogP contribution in [0, 0.1) is 0 Å². The maximum Gasteiger partial charge on any atom is 0.145 e. The molecule has 7 heteroatoms. The summed E-state index contributed by atoms with van der Waals surface area (Å²) in [4.78, 5) is 6.83. The summed E-state index contributed by atoms with van der Waals surface area (Å²) in [6, 6.07) is 2.17. The zero-order chi connectivity index (χ0) is 27.5. The lowest BCUT2D eigenvalue weighted by molar-refractivity contribution is 0.330. The number of aryl methyl sites for hydroxylation is 1. The summed E-state index contributed by atoms with van der Waals surface area (Å²) in [6.07, 6.45) is 19.6. The highest BCUT2D eigenvalue weighted by Gasteiger charge is 2.21. The van der Waals surface area contributed by atoms with Gasteiger partial charge in [0.25, 0.3) is 0 Å². The third kappa shape index (κ3) is 7.65. The topological polar surface area (TPSA) is 74.5 Å². The standard InChI is InChI=1S/C31H43N7/c1-7-8-9-14-24(2)23-36(6)35-29-17-16-26(21-25(29)3)28-22-27(38(34-5)30(28)31(32)33-4)15-10-11-18-37-19-12-13-20-37/h7-9,14,16-17,21-22H,1,3,5,10-13,15,18-20,23H2,2,4,6H3,(H2,32,33)/b9-8-,24-14+,35-29-. The minimum atomic E-state index is 0.433. The van der Waals surface area contributed by atoms with Gasteiger partial charge in [-0.15, -0.1) is 0 Å². The van der Waals surface area contributed by atoms with Gasteiger partial charge in [-0.1, -0.05) is 49.1 Å². The van der Waals surface area contributed by atoms with E-state index >= 15 is 0 Å². The van der Waals surface area contributed by atoms with Gasteiger partial charge in [-0.3, -0.25) is 10.0 Å². The fraction of sp³-hybridized carbons (Fsp3) is 0.387. The highest BCUT2D eigenvalue weighted by Crippen LogP contribution is 2.29. The Morgan fingerprint density at radius 3 is 2.61 bits per heavy atom. The average molecular weight is 514 g/mol. The Hall–Kier alpha value is -3.71. The van der Waals surface area contributed by atoms with E-state index in [0.717, 1.165) is 59.6 Å². The minimum absolute atomic E-state index is 0.433. The monoisotopic (exact) mass is 513 g/mol. The van der Waals surface area contributed by atoms with E-state index in [9.17, 15) is 0 Å². The molecule has 1 aromatic rings. The molecule has 0 aromatic carbocycles. The number of likely N-dealkylation sites (tertiary alicyclic amines) is 1. The molecule has 38 heavy (non-hydrogen) atoms. The van der Waals surface area contributed by atoms with Crippen LogP contribution in [0.25, 0.3) is 5.57 Å². The predicted octanol–water partition coefficient (Wildman–Crippen LogP) is 5.19. The number of hydrazone groups is 1. The molecule has 0 saturated carbocycles. The largest absolute Gasteiger partial charge is 0.382 e. The molecule has 2 heterocycles. The Morgan fingerprint density at radius 2 is 1.95 bits per heavy atom. The molecule has 1 aromatic heterocycles. The fourth-order valence-electron chi connectivity index (χ4n) is 4.90. The van der Waals surface area contributed by atoms with Gasteiger partial charge in [0.15, 0.2) is 0 Å². The van der Waals surface area contributed by atoms with E-state index in [1.165, 1.54) is 31.5 Å². The van der Waals surface area contributed by atoms with Crippen LogP contribution < -0.4 is 5.73 Å². The number of hydrogen-bond donors (Lipinski definition) is 1. The number of nitrogens with zero attached hydrogens (tertiary/aromatic N) is 6. The lowest BCUT2D eigenvalue weighted by atomic mass is 9.95. The molecule has 0 radical (unpaired) electrons. The van der Waals surface area contributed by atoms with E-state index in [1.807, 2.05) is 35.0 Å². The van der Waals surface area contributed by atoms with Crippen molar-refractivity contribution >= 4 is 23.8 Å². The minimum Gasteiger partial charge on any atom is -0.382 e. The van der Waals surface area contributed by atoms with E-state index in [-0.39, 0.29) is 0 Å². The van der Waals surface area contributed by atoms with Crippen LogP contribution in [0.5, 0.6) is 0 Å². The van der Waals surface area contributed by atoms with Crippen LogP contribution in [0.4, 0.5) is 0 Å². The Bertz CT molecular complexity index is 1200.